The van der Waals surface area contributed by atoms with Crippen molar-refractivity contribution in [2.45, 2.75) is 45.3 Å². The van der Waals surface area contributed by atoms with E-state index in [4.69, 9.17) is 4.74 Å². The summed E-state index contributed by atoms with van der Waals surface area (Å²) < 4.78 is 6.27. The molecule has 0 bridgehead atoms. The first-order valence-electron chi connectivity index (χ1n) is 10.8. The van der Waals surface area contributed by atoms with Gasteiger partial charge < -0.3 is 15.0 Å². The Hall–Kier alpha value is -3.07. The van der Waals surface area contributed by atoms with Crippen LogP contribution in [0.3, 0.4) is 0 Å². The minimum atomic E-state index is -0.437. The summed E-state index contributed by atoms with van der Waals surface area (Å²) in [5.41, 5.74) is 1.52. The van der Waals surface area contributed by atoms with E-state index in [-0.39, 0.29) is 6.09 Å². The van der Waals surface area contributed by atoms with E-state index in [9.17, 15) is 4.79 Å². The highest BCUT2D eigenvalue weighted by Gasteiger charge is 2.26. The van der Waals surface area contributed by atoms with Crippen LogP contribution in [0.15, 0.2) is 65.9 Å². The van der Waals surface area contributed by atoms with E-state index in [1.54, 1.807) is 29.7 Å². The van der Waals surface area contributed by atoms with Crippen LogP contribution in [-0.4, -0.2) is 55.7 Å². The predicted molar refractivity (Wildman–Crippen MR) is 132 cm³/mol. The monoisotopic (exact) mass is 512 g/mol. The highest BCUT2D eigenvalue weighted by Crippen LogP contribution is 2.18. The Bertz CT molecular complexity index is 989. The van der Waals surface area contributed by atoms with E-state index in [0.29, 0.717) is 19.1 Å². The summed E-state index contributed by atoms with van der Waals surface area (Å²) in [7, 11) is 0. The van der Waals surface area contributed by atoms with Gasteiger partial charge in [0.05, 0.1) is 22.6 Å². The first-order valence-corrected chi connectivity index (χ1v) is 11.6. The largest absolute Gasteiger partial charge is 0.444 e. The zero-order chi connectivity index (χ0) is 23.7. The van der Waals surface area contributed by atoms with E-state index in [2.05, 4.69) is 41.2 Å². The van der Waals surface area contributed by atoms with Crippen molar-refractivity contribution >= 4 is 27.7 Å². The van der Waals surface area contributed by atoms with Crippen molar-refractivity contribution in [3.05, 3.63) is 65.9 Å². The second-order valence-electron chi connectivity index (χ2n) is 8.60. The Labute approximate surface area is 203 Å². The van der Waals surface area contributed by atoms with Gasteiger partial charge >= 0.3 is 6.09 Å². The number of nitrogens with zero attached hydrogens (tertiary/aromatic N) is 5. The number of carbonyl (C=O) groups is 1. The molecule has 0 unspecified atom stereocenters. The Morgan fingerprint density at radius 1 is 1.03 bits per heavy atom. The minimum Gasteiger partial charge on any atom is -0.444 e. The van der Waals surface area contributed by atoms with Crippen LogP contribution in [0.5, 0.6) is 0 Å². The Balaban J connectivity index is 0.000000203. The maximum absolute atomic E-state index is 11.9. The minimum absolute atomic E-state index is 0.223. The molecule has 0 atom stereocenters. The van der Waals surface area contributed by atoms with Crippen molar-refractivity contribution < 1.29 is 9.53 Å². The van der Waals surface area contributed by atoms with Gasteiger partial charge in [-0.15, -0.1) is 0 Å². The van der Waals surface area contributed by atoms with Crippen molar-refractivity contribution in [2.24, 2.45) is 0 Å². The molecule has 1 amide bonds. The molecular weight excluding hydrogens is 484 g/mol. The lowest BCUT2D eigenvalue weighted by Gasteiger charge is -2.34. The van der Waals surface area contributed by atoms with Crippen molar-refractivity contribution in [3.8, 4) is 11.4 Å². The van der Waals surface area contributed by atoms with Gasteiger partial charge in [0.2, 0.25) is 0 Å². The number of hydrogen-bond donors (Lipinski definition) is 1. The van der Waals surface area contributed by atoms with Crippen LogP contribution in [0.1, 0.15) is 33.6 Å². The first kappa shape index (κ1) is 24.6. The second-order valence-corrected chi connectivity index (χ2v) is 9.52. The molecule has 8 nitrogen and oxygen atoms in total. The fourth-order valence-electron chi connectivity index (χ4n) is 3.19. The van der Waals surface area contributed by atoms with Gasteiger partial charge in [-0.05, 0) is 49.5 Å². The first-order chi connectivity index (χ1) is 15.8. The molecular formula is C24H29BrN6O2. The third kappa shape index (κ3) is 8.42. The van der Waals surface area contributed by atoms with Gasteiger partial charge in [-0.25, -0.2) is 24.7 Å². The quantitative estimate of drug-likeness (QED) is 0.515. The van der Waals surface area contributed by atoms with E-state index >= 15 is 0 Å². The maximum atomic E-state index is 11.9. The van der Waals surface area contributed by atoms with Crippen LogP contribution in [0.4, 0.5) is 10.5 Å². The third-order valence-electron chi connectivity index (χ3n) is 4.73. The van der Waals surface area contributed by atoms with Crippen molar-refractivity contribution in [1.82, 2.24) is 24.8 Å². The van der Waals surface area contributed by atoms with E-state index in [1.807, 2.05) is 51.1 Å². The fourth-order valence-corrected chi connectivity index (χ4v) is 3.40. The van der Waals surface area contributed by atoms with Gasteiger partial charge in [0.15, 0.2) is 5.82 Å². The van der Waals surface area contributed by atoms with Crippen LogP contribution >= 0.6 is 15.9 Å². The van der Waals surface area contributed by atoms with Gasteiger partial charge in [-0.2, -0.15) is 0 Å². The number of anilines is 1. The lowest BCUT2D eigenvalue weighted by atomic mass is 10.1. The number of nitrogens with one attached hydrogen (secondary N) is 1. The molecule has 0 aliphatic carbocycles. The van der Waals surface area contributed by atoms with Crippen LogP contribution in [0, 0.1) is 0 Å². The molecule has 9 heteroatoms. The number of amides is 1. The summed E-state index contributed by atoms with van der Waals surface area (Å²) in [4.78, 5) is 30.0. The molecule has 1 aromatic carbocycles. The summed E-state index contributed by atoms with van der Waals surface area (Å²) in [6, 6.07) is 10.2. The fraction of sp³-hybridized carbons (Fsp3) is 0.375. The maximum Gasteiger partial charge on any atom is 0.410 e. The van der Waals surface area contributed by atoms with Gasteiger partial charge in [-0.3, -0.25) is 0 Å². The molecule has 2 aromatic heterocycles. The smallest absolute Gasteiger partial charge is 0.410 e. The normalized spacial score (nSPS) is 14.1. The van der Waals surface area contributed by atoms with E-state index in [1.165, 1.54) is 6.33 Å². The summed E-state index contributed by atoms with van der Waals surface area (Å²) >= 11 is 3.29. The Kier molecular flexibility index (Phi) is 8.71. The summed E-state index contributed by atoms with van der Waals surface area (Å²) in [6.07, 6.45) is 10.1. The summed E-state index contributed by atoms with van der Waals surface area (Å²) in [5.74, 6) is 0.754. The van der Waals surface area contributed by atoms with Gasteiger partial charge in [0.25, 0.3) is 0 Å². The topological polar surface area (TPSA) is 93.1 Å². The van der Waals surface area contributed by atoms with Crippen LogP contribution in [0.2, 0.25) is 0 Å². The molecule has 33 heavy (non-hydrogen) atoms. The number of ether oxygens (including phenoxy) is 1. The highest BCUT2D eigenvalue weighted by atomic mass is 79.9. The van der Waals surface area contributed by atoms with E-state index in [0.717, 1.165) is 34.4 Å². The molecule has 1 aliphatic rings. The molecule has 0 radical (unpaired) electrons. The summed E-state index contributed by atoms with van der Waals surface area (Å²) in [5, 5.41) is 3.38. The molecule has 3 heterocycles. The number of hydrogen-bond acceptors (Lipinski definition) is 7. The molecule has 1 fully saturated rings. The van der Waals surface area contributed by atoms with E-state index < -0.39 is 5.60 Å². The van der Waals surface area contributed by atoms with Gasteiger partial charge in [0, 0.05) is 37.1 Å². The number of benzene rings is 1. The molecule has 1 saturated heterocycles. The zero-order valence-corrected chi connectivity index (χ0v) is 20.7. The van der Waals surface area contributed by atoms with Gasteiger partial charge in [-0.1, -0.05) is 30.3 Å². The molecule has 0 saturated carbocycles. The van der Waals surface area contributed by atoms with Crippen LogP contribution in [-0.2, 0) is 4.74 Å². The lowest BCUT2D eigenvalue weighted by molar-refractivity contribution is 0.0210. The average Bonchev–Trinajstić information content (AvgIpc) is 2.81. The predicted octanol–water partition coefficient (Wildman–Crippen LogP) is 5.19. The summed E-state index contributed by atoms with van der Waals surface area (Å²) in [6.45, 7) is 7.07. The number of halogens is 1. The highest BCUT2D eigenvalue weighted by molar-refractivity contribution is 9.10. The third-order valence-corrected chi connectivity index (χ3v) is 5.14. The molecule has 1 aliphatic heterocycles. The lowest BCUT2D eigenvalue weighted by Crippen LogP contribution is -2.44. The number of carbonyl (C=O) groups excluding carboxylic acids is 1. The SMILES string of the molecule is Brc1cnc(-c2ccccc2)nc1.CC(C)(C)OC(=O)N1CCC(Nc2cncnc2)CC1. The Morgan fingerprint density at radius 2 is 1.64 bits per heavy atom. The Morgan fingerprint density at radius 3 is 2.21 bits per heavy atom. The number of rotatable bonds is 3. The molecule has 174 valence electrons. The van der Waals surface area contributed by atoms with Crippen molar-refractivity contribution in [1.29, 1.82) is 0 Å². The van der Waals surface area contributed by atoms with Crippen molar-refractivity contribution in [2.75, 3.05) is 18.4 Å². The average molecular weight is 513 g/mol. The molecule has 4 rings (SSSR count). The van der Waals surface area contributed by atoms with Crippen molar-refractivity contribution in [3.63, 3.8) is 0 Å². The molecule has 3 aromatic rings. The molecule has 0 spiro atoms. The zero-order valence-electron chi connectivity index (χ0n) is 19.1. The number of likely N-dealkylation sites (tertiary alicyclic amines) is 1. The standard InChI is InChI=1S/C14H22N4O2.C10H7BrN2/c1-14(2,3)20-13(19)18-6-4-11(5-7-18)17-12-8-15-10-16-9-12;11-9-6-12-10(13-7-9)8-4-2-1-3-5-8/h8-11,17H,4-7H2,1-3H3;1-7H. The number of piperidine rings is 1. The van der Waals surface area contributed by atoms with Crippen LogP contribution < -0.4 is 5.32 Å². The molecule has 1 N–H and O–H groups in total. The second kappa shape index (κ2) is 11.7. The number of aromatic nitrogens is 4. The van der Waals surface area contributed by atoms with Crippen LogP contribution in [0.25, 0.3) is 11.4 Å². The van der Waals surface area contributed by atoms with Gasteiger partial charge in [0.1, 0.15) is 11.9 Å².